The van der Waals surface area contributed by atoms with Gasteiger partial charge in [-0.3, -0.25) is 14.6 Å². The lowest BCUT2D eigenvalue weighted by Gasteiger charge is -2.29. The van der Waals surface area contributed by atoms with Gasteiger partial charge in [0.1, 0.15) is 5.52 Å². The summed E-state index contributed by atoms with van der Waals surface area (Å²) in [5.74, 6) is -0.439. The number of carbonyl (C=O) groups excluding carboxylic acids is 1. The molecule has 3 N–H and O–H groups in total. The monoisotopic (exact) mass is 459 g/mol. The summed E-state index contributed by atoms with van der Waals surface area (Å²) < 4.78 is 27.9. The first kappa shape index (κ1) is 23.4. The maximum absolute atomic E-state index is 12.7. The van der Waals surface area contributed by atoms with Gasteiger partial charge in [-0.2, -0.15) is 8.42 Å². The number of nitrogens with zero attached hydrogens (tertiary/aromatic N) is 4. The fraction of sp³-hybridized carbons (Fsp3) is 0.286. The molecule has 0 radical (unpaired) electrons. The number of aromatic amines is 1. The van der Waals surface area contributed by atoms with Crippen LogP contribution in [0.5, 0.6) is 0 Å². The number of nitrogens with one attached hydrogen (secondary N) is 1. The molecule has 4 aromatic rings. The minimum atomic E-state index is -3.67. The number of hydroxylamine groups is 2. The molecule has 3 heterocycles. The summed E-state index contributed by atoms with van der Waals surface area (Å²) in [6.07, 6.45) is 6.21. The molecule has 0 fully saturated rings. The zero-order valence-electron chi connectivity index (χ0n) is 18.4. The van der Waals surface area contributed by atoms with E-state index in [1.54, 1.807) is 45.3 Å². The van der Waals surface area contributed by atoms with Crippen molar-refractivity contribution in [2.45, 2.75) is 26.3 Å². The summed E-state index contributed by atoms with van der Waals surface area (Å²) in [6.45, 7) is 5.33. The van der Waals surface area contributed by atoms with Gasteiger partial charge < -0.3 is 9.55 Å². The van der Waals surface area contributed by atoms with Crippen molar-refractivity contribution >= 4 is 38.1 Å². The molecule has 11 heteroatoms. The van der Waals surface area contributed by atoms with Crippen molar-refractivity contribution < 1.29 is 23.0 Å². The van der Waals surface area contributed by atoms with E-state index in [2.05, 4.69) is 15.0 Å². The first-order chi connectivity index (χ1) is 14.8. The van der Waals surface area contributed by atoms with Crippen molar-refractivity contribution in [2.75, 3.05) is 6.26 Å². The Bertz CT molecular complexity index is 1390. The van der Waals surface area contributed by atoms with Crippen LogP contribution in [-0.2, 0) is 17.2 Å². The Balaban J connectivity index is 0.000000523. The van der Waals surface area contributed by atoms with Crippen LogP contribution in [0.1, 0.15) is 31.1 Å². The van der Waals surface area contributed by atoms with Gasteiger partial charge in [-0.15, -0.1) is 0 Å². The standard InChI is InChI=1S/C20H21N5O2.CH4O3S/c1-20(2,3)25(27)19(26)12-5-6-17-13(9-12)14(11-24(17)4)16-10-22-18-15(23-16)7-8-21-18;1-5(2,3)4/h5-11,27H,1-4H3,(H,21,22);1H3,(H,2,3,4). The Morgan fingerprint density at radius 1 is 1.22 bits per heavy atom. The molecule has 0 saturated carbocycles. The van der Waals surface area contributed by atoms with Gasteiger partial charge in [-0.05, 0) is 45.0 Å². The van der Waals surface area contributed by atoms with E-state index in [1.165, 1.54) is 0 Å². The minimum Gasteiger partial charge on any atom is -0.350 e. The third kappa shape index (κ3) is 5.13. The van der Waals surface area contributed by atoms with E-state index in [9.17, 15) is 18.4 Å². The molecule has 0 bridgehead atoms. The maximum Gasteiger partial charge on any atom is 0.277 e. The van der Waals surface area contributed by atoms with E-state index < -0.39 is 21.6 Å². The van der Waals surface area contributed by atoms with Crippen LogP contribution in [0.4, 0.5) is 0 Å². The Morgan fingerprint density at radius 3 is 2.50 bits per heavy atom. The third-order valence-corrected chi connectivity index (χ3v) is 4.60. The van der Waals surface area contributed by atoms with Gasteiger partial charge >= 0.3 is 0 Å². The zero-order chi connectivity index (χ0) is 23.8. The number of fused-ring (bicyclic) bond motifs is 2. The van der Waals surface area contributed by atoms with E-state index in [0.717, 1.165) is 38.4 Å². The number of aryl methyl sites for hydroxylation is 1. The molecule has 0 aliphatic rings. The fourth-order valence-corrected chi connectivity index (χ4v) is 3.12. The summed E-state index contributed by atoms with van der Waals surface area (Å²) in [4.78, 5) is 24.8. The number of carbonyl (C=O) groups is 1. The zero-order valence-corrected chi connectivity index (χ0v) is 19.2. The van der Waals surface area contributed by atoms with Gasteiger partial charge in [0.05, 0.1) is 23.7 Å². The maximum atomic E-state index is 12.7. The lowest BCUT2D eigenvalue weighted by molar-refractivity contribution is -0.114. The molecule has 10 nitrogen and oxygen atoms in total. The highest BCUT2D eigenvalue weighted by Crippen LogP contribution is 2.31. The summed E-state index contributed by atoms with van der Waals surface area (Å²) in [7, 11) is -1.72. The molecule has 0 aliphatic carbocycles. The molecule has 4 rings (SSSR count). The van der Waals surface area contributed by atoms with Crippen LogP contribution in [0.15, 0.2) is 42.9 Å². The molecule has 1 aromatic carbocycles. The van der Waals surface area contributed by atoms with Gasteiger partial charge in [0, 0.05) is 41.5 Å². The molecule has 0 atom stereocenters. The molecule has 3 aromatic heterocycles. The van der Waals surface area contributed by atoms with Crippen LogP contribution in [0.3, 0.4) is 0 Å². The molecule has 0 spiro atoms. The van der Waals surface area contributed by atoms with Crippen molar-refractivity contribution in [1.29, 1.82) is 0 Å². The second kappa shape index (κ2) is 8.34. The molecular formula is C21H25N5O5S. The largest absolute Gasteiger partial charge is 0.350 e. The second-order valence-electron chi connectivity index (χ2n) is 8.37. The Hall–Kier alpha value is -3.28. The van der Waals surface area contributed by atoms with Crippen molar-refractivity contribution in [1.82, 2.24) is 24.6 Å². The summed E-state index contributed by atoms with van der Waals surface area (Å²) in [5, 5.41) is 11.9. The number of hydrogen-bond acceptors (Lipinski definition) is 6. The van der Waals surface area contributed by atoms with Crippen LogP contribution in [-0.4, -0.2) is 60.5 Å². The van der Waals surface area contributed by atoms with E-state index >= 15 is 0 Å². The van der Waals surface area contributed by atoms with Crippen LogP contribution in [0, 0.1) is 0 Å². The number of H-pyrrole nitrogens is 1. The van der Waals surface area contributed by atoms with E-state index in [-0.39, 0.29) is 0 Å². The number of benzene rings is 1. The SMILES string of the molecule is CS(=O)(=O)O.Cn1cc(-c2cnc3[nH]ccc3n2)c2cc(C(=O)N(O)C(C)(C)C)ccc21. The van der Waals surface area contributed by atoms with Gasteiger partial charge in [0.15, 0.2) is 5.65 Å². The average molecular weight is 460 g/mol. The van der Waals surface area contributed by atoms with Crippen LogP contribution >= 0.6 is 0 Å². The molecule has 0 aliphatic heterocycles. The highest BCUT2D eigenvalue weighted by Gasteiger charge is 2.26. The van der Waals surface area contributed by atoms with Gasteiger partial charge in [-0.25, -0.2) is 15.0 Å². The third-order valence-electron chi connectivity index (χ3n) is 4.60. The summed E-state index contributed by atoms with van der Waals surface area (Å²) in [5.41, 5.74) is 3.84. The Morgan fingerprint density at radius 2 is 1.88 bits per heavy atom. The molecule has 0 saturated heterocycles. The summed E-state index contributed by atoms with van der Waals surface area (Å²) >= 11 is 0. The first-order valence-electron chi connectivity index (χ1n) is 9.61. The number of aromatic nitrogens is 4. The highest BCUT2D eigenvalue weighted by molar-refractivity contribution is 7.85. The van der Waals surface area contributed by atoms with E-state index in [0.29, 0.717) is 11.8 Å². The molecule has 32 heavy (non-hydrogen) atoms. The molecule has 0 unspecified atom stereocenters. The Kier molecular flexibility index (Phi) is 6.09. The first-order valence-corrected chi connectivity index (χ1v) is 11.5. The number of hydrogen-bond donors (Lipinski definition) is 3. The molecular weight excluding hydrogens is 434 g/mol. The van der Waals surface area contributed by atoms with Crippen molar-refractivity contribution in [2.24, 2.45) is 7.05 Å². The lowest BCUT2D eigenvalue weighted by atomic mass is 10.0. The fourth-order valence-electron chi connectivity index (χ4n) is 3.12. The van der Waals surface area contributed by atoms with Gasteiger partial charge in [-0.1, -0.05) is 0 Å². The van der Waals surface area contributed by atoms with Crippen LogP contribution in [0.25, 0.3) is 33.3 Å². The molecule has 170 valence electrons. The predicted octanol–water partition coefficient (Wildman–Crippen LogP) is 3.25. The number of rotatable bonds is 2. The van der Waals surface area contributed by atoms with E-state index in [1.807, 2.05) is 29.9 Å². The molecule has 1 amide bonds. The van der Waals surface area contributed by atoms with Crippen molar-refractivity contribution in [3.63, 3.8) is 0 Å². The van der Waals surface area contributed by atoms with Gasteiger partial charge in [0.25, 0.3) is 16.0 Å². The van der Waals surface area contributed by atoms with Crippen molar-refractivity contribution in [3.05, 3.63) is 48.4 Å². The van der Waals surface area contributed by atoms with E-state index in [4.69, 9.17) is 4.55 Å². The summed E-state index contributed by atoms with van der Waals surface area (Å²) in [6, 6.07) is 7.28. The normalized spacial score (nSPS) is 12.0. The highest BCUT2D eigenvalue weighted by atomic mass is 32.2. The smallest absolute Gasteiger partial charge is 0.277 e. The van der Waals surface area contributed by atoms with Crippen molar-refractivity contribution in [3.8, 4) is 11.3 Å². The topological polar surface area (TPSA) is 141 Å². The minimum absolute atomic E-state index is 0.419. The predicted molar refractivity (Wildman–Crippen MR) is 121 cm³/mol. The van der Waals surface area contributed by atoms with Gasteiger partial charge in [0.2, 0.25) is 0 Å². The lowest BCUT2D eigenvalue weighted by Crippen LogP contribution is -2.43. The number of amides is 1. The quantitative estimate of drug-likeness (QED) is 0.237. The van der Waals surface area contributed by atoms with Crippen LogP contribution in [0.2, 0.25) is 0 Å². The second-order valence-corrected chi connectivity index (χ2v) is 9.84. The Labute approximate surface area is 185 Å². The average Bonchev–Trinajstić information content (AvgIpc) is 3.28. The van der Waals surface area contributed by atoms with Crippen LogP contribution < -0.4 is 0 Å².